The molecule has 0 saturated heterocycles. The first-order valence-corrected chi connectivity index (χ1v) is 8.33. The fourth-order valence-corrected chi connectivity index (χ4v) is 3.09. The van der Waals surface area contributed by atoms with E-state index in [1.54, 1.807) is 7.11 Å². The van der Waals surface area contributed by atoms with Gasteiger partial charge in [-0.05, 0) is 63.4 Å². The summed E-state index contributed by atoms with van der Waals surface area (Å²) < 4.78 is 7.07. The highest BCUT2D eigenvalue weighted by Crippen LogP contribution is 2.32. The van der Waals surface area contributed by atoms with E-state index >= 15 is 0 Å². The van der Waals surface area contributed by atoms with Gasteiger partial charge in [0.15, 0.2) is 5.82 Å². The van der Waals surface area contributed by atoms with E-state index in [1.165, 1.54) is 0 Å². The Kier molecular flexibility index (Phi) is 5.58. The summed E-state index contributed by atoms with van der Waals surface area (Å²) in [5, 5.41) is 3.26. The first-order chi connectivity index (χ1) is 10.1. The predicted octanol–water partition coefficient (Wildman–Crippen LogP) is 4.67. The van der Waals surface area contributed by atoms with Gasteiger partial charge in [-0.2, -0.15) is 0 Å². The van der Waals surface area contributed by atoms with Crippen LogP contribution in [0.3, 0.4) is 0 Å². The number of halogens is 2. The summed E-state index contributed by atoms with van der Waals surface area (Å²) in [6.07, 6.45) is 0.839. The highest BCUT2D eigenvalue weighted by atomic mass is 79.9. The average Bonchev–Trinajstić information content (AvgIpc) is 2.49. The number of rotatable bonds is 5. The first kappa shape index (κ1) is 16.2. The van der Waals surface area contributed by atoms with Crippen LogP contribution in [0.4, 0.5) is 5.82 Å². The van der Waals surface area contributed by atoms with Crippen LogP contribution in [0.25, 0.3) is 11.4 Å². The number of hydrogen-bond donors (Lipinski definition) is 1. The van der Waals surface area contributed by atoms with Gasteiger partial charge in [0.25, 0.3) is 0 Å². The second kappa shape index (κ2) is 7.22. The maximum Gasteiger partial charge on any atom is 0.161 e. The summed E-state index contributed by atoms with van der Waals surface area (Å²) in [5.74, 6) is 2.32. The third-order valence-electron chi connectivity index (χ3n) is 3.01. The summed E-state index contributed by atoms with van der Waals surface area (Å²) in [4.78, 5) is 9.25. The van der Waals surface area contributed by atoms with Crippen LogP contribution < -0.4 is 10.1 Å². The van der Waals surface area contributed by atoms with Gasteiger partial charge in [-0.1, -0.05) is 6.92 Å². The Hall–Kier alpha value is -1.14. The van der Waals surface area contributed by atoms with Crippen LogP contribution in [-0.2, 0) is 6.42 Å². The van der Waals surface area contributed by atoms with E-state index < -0.39 is 0 Å². The Morgan fingerprint density at radius 3 is 2.52 bits per heavy atom. The second-order valence-electron chi connectivity index (χ2n) is 4.39. The van der Waals surface area contributed by atoms with E-state index in [9.17, 15) is 0 Å². The maximum atomic E-state index is 5.25. The maximum absolute atomic E-state index is 5.25. The molecular formula is C15H17Br2N3O. The topological polar surface area (TPSA) is 47.0 Å². The molecule has 21 heavy (non-hydrogen) atoms. The van der Waals surface area contributed by atoms with E-state index in [2.05, 4.69) is 54.1 Å². The van der Waals surface area contributed by atoms with Crippen molar-refractivity contribution in [1.29, 1.82) is 0 Å². The highest BCUT2D eigenvalue weighted by Gasteiger charge is 2.13. The van der Waals surface area contributed by atoms with Crippen LogP contribution in [-0.4, -0.2) is 23.6 Å². The molecule has 0 aliphatic carbocycles. The molecule has 0 bridgehead atoms. The van der Waals surface area contributed by atoms with E-state index in [-0.39, 0.29) is 0 Å². The molecule has 6 heteroatoms. The van der Waals surface area contributed by atoms with E-state index in [0.29, 0.717) is 5.82 Å². The Bertz CT molecular complexity index is 647. The number of aromatic nitrogens is 2. The third kappa shape index (κ3) is 3.55. The van der Waals surface area contributed by atoms with Crippen molar-refractivity contribution in [3.8, 4) is 17.1 Å². The second-order valence-corrected chi connectivity index (χ2v) is 6.04. The highest BCUT2D eigenvalue weighted by molar-refractivity contribution is 9.11. The van der Waals surface area contributed by atoms with Crippen molar-refractivity contribution in [3.05, 3.63) is 32.8 Å². The van der Waals surface area contributed by atoms with Gasteiger partial charge in [0.05, 0.1) is 21.7 Å². The molecule has 0 fully saturated rings. The van der Waals surface area contributed by atoms with Crippen molar-refractivity contribution in [2.24, 2.45) is 0 Å². The van der Waals surface area contributed by atoms with Crippen LogP contribution in [0, 0.1) is 0 Å². The van der Waals surface area contributed by atoms with Crippen molar-refractivity contribution in [1.82, 2.24) is 9.97 Å². The van der Waals surface area contributed by atoms with Gasteiger partial charge in [0, 0.05) is 12.1 Å². The quantitative estimate of drug-likeness (QED) is 0.771. The average molecular weight is 415 g/mol. The Morgan fingerprint density at radius 1 is 1.19 bits per heavy atom. The molecule has 112 valence electrons. The predicted molar refractivity (Wildman–Crippen MR) is 93.0 cm³/mol. The Morgan fingerprint density at radius 2 is 1.95 bits per heavy atom. The van der Waals surface area contributed by atoms with E-state index in [0.717, 1.165) is 44.7 Å². The zero-order valence-electron chi connectivity index (χ0n) is 12.2. The molecule has 1 N–H and O–H groups in total. The molecule has 1 heterocycles. The lowest BCUT2D eigenvalue weighted by Gasteiger charge is -2.12. The molecule has 0 aliphatic rings. The molecule has 1 aromatic heterocycles. The minimum absolute atomic E-state index is 0.703. The SMILES string of the molecule is CCNc1nc(-c2ccc(OC)c(Br)c2)nc(CC)c1Br. The number of ether oxygens (including phenoxy) is 1. The lowest BCUT2D eigenvalue weighted by molar-refractivity contribution is 0.412. The van der Waals surface area contributed by atoms with Gasteiger partial charge in [-0.25, -0.2) is 9.97 Å². The Labute approximate surface area is 141 Å². The van der Waals surface area contributed by atoms with Crippen molar-refractivity contribution in [2.75, 3.05) is 19.0 Å². The van der Waals surface area contributed by atoms with Crippen molar-refractivity contribution in [2.45, 2.75) is 20.3 Å². The number of benzene rings is 1. The van der Waals surface area contributed by atoms with Crippen molar-refractivity contribution < 1.29 is 4.74 Å². The molecule has 2 rings (SSSR count). The summed E-state index contributed by atoms with van der Waals surface area (Å²) in [7, 11) is 1.65. The monoisotopic (exact) mass is 413 g/mol. The number of hydrogen-bond acceptors (Lipinski definition) is 4. The summed E-state index contributed by atoms with van der Waals surface area (Å²) in [5.41, 5.74) is 1.94. The molecule has 2 aromatic rings. The zero-order valence-corrected chi connectivity index (χ0v) is 15.4. The number of aryl methyl sites for hydroxylation is 1. The smallest absolute Gasteiger partial charge is 0.161 e. The molecule has 0 atom stereocenters. The largest absolute Gasteiger partial charge is 0.496 e. The normalized spacial score (nSPS) is 10.5. The molecule has 0 amide bonds. The van der Waals surface area contributed by atoms with Gasteiger partial charge in [-0.3, -0.25) is 0 Å². The standard InChI is InChI=1S/C15H17Br2N3O/c1-4-11-13(17)15(18-5-2)20-14(19-11)9-6-7-12(21-3)10(16)8-9/h6-8H,4-5H2,1-3H3,(H,18,19,20). The lowest BCUT2D eigenvalue weighted by Crippen LogP contribution is -2.05. The molecule has 0 spiro atoms. The minimum Gasteiger partial charge on any atom is -0.496 e. The van der Waals surface area contributed by atoms with Gasteiger partial charge >= 0.3 is 0 Å². The number of nitrogens with zero attached hydrogens (tertiary/aromatic N) is 2. The number of methoxy groups -OCH3 is 1. The van der Waals surface area contributed by atoms with Gasteiger partial charge < -0.3 is 10.1 Å². The van der Waals surface area contributed by atoms with Crippen LogP contribution >= 0.6 is 31.9 Å². The van der Waals surface area contributed by atoms with E-state index in [1.807, 2.05) is 25.1 Å². The molecule has 0 aliphatic heterocycles. The van der Waals surface area contributed by atoms with E-state index in [4.69, 9.17) is 4.74 Å². The van der Waals surface area contributed by atoms with Crippen molar-refractivity contribution in [3.63, 3.8) is 0 Å². The fourth-order valence-electron chi connectivity index (χ4n) is 1.95. The molecule has 0 saturated carbocycles. The van der Waals surface area contributed by atoms with Crippen molar-refractivity contribution >= 4 is 37.7 Å². The number of anilines is 1. The molecule has 1 aromatic carbocycles. The Balaban J connectivity index is 2.52. The molecule has 4 nitrogen and oxygen atoms in total. The van der Waals surface area contributed by atoms with Crippen LogP contribution in [0.5, 0.6) is 5.75 Å². The molecular weight excluding hydrogens is 398 g/mol. The lowest BCUT2D eigenvalue weighted by atomic mass is 10.2. The summed E-state index contributed by atoms with van der Waals surface area (Å²) >= 11 is 7.07. The zero-order chi connectivity index (χ0) is 15.4. The third-order valence-corrected chi connectivity index (χ3v) is 4.46. The summed E-state index contributed by atoms with van der Waals surface area (Å²) in [6.45, 7) is 4.94. The number of nitrogens with one attached hydrogen (secondary N) is 1. The van der Waals surface area contributed by atoms with Crippen LogP contribution in [0.1, 0.15) is 19.5 Å². The molecule has 0 radical (unpaired) electrons. The first-order valence-electron chi connectivity index (χ1n) is 6.74. The van der Waals surface area contributed by atoms with Gasteiger partial charge in [0.2, 0.25) is 0 Å². The van der Waals surface area contributed by atoms with Crippen LogP contribution in [0.2, 0.25) is 0 Å². The minimum atomic E-state index is 0.703. The fraction of sp³-hybridized carbons (Fsp3) is 0.333. The molecule has 0 unspecified atom stereocenters. The summed E-state index contributed by atoms with van der Waals surface area (Å²) in [6, 6.07) is 5.84. The van der Waals surface area contributed by atoms with Crippen LogP contribution in [0.15, 0.2) is 27.1 Å². The van der Waals surface area contributed by atoms with Gasteiger partial charge in [0.1, 0.15) is 11.6 Å². The van der Waals surface area contributed by atoms with Gasteiger partial charge in [-0.15, -0.1) is 0 Å².